The largest absolute Gasteiger partial charge is 0.379 e. The molecule has 1 aromatic heterocycles. The van der Waals surface area contributed by atoms with E-state index in [1.165, 1.54) is 0 Å². The standard InChI is InChI=1S/C24H34N4O3S/c1-18-5-6-19-15-20(23(29)26-22(19)14-18)17-28(8-3-7-27-9-12-30-13-10-27)24(32)25-16-21-4-2-11-31-21/h5-6,14-15,21H,2-4,7-13,16-17H2,1H3,(H,25,32)(H,26,29)/t21-/m0/s1. The van der Waals surface area contributed by atoms with Gasteiger partial charge in [0.15, 0.2) is 5.11 Å². The second kappa shape index (κ2) is 11.2. The fraction of sp³-hybridized carbons (Fsp3) is 0.583. The van der Waals surface area contributed by atoms with E-state index in [-0.39, 0.29) is 11.7 Å². The molecular weight excluding hydrogens is 424 g/mol. The van der Waals surface area contributed by atoms with Crippen molar-refractivity contribution in [1.29, 1.82) is 0 Å². The predicted octanol–water partition coefficient (Wildman–Crippen LogP) is 2.41. The minimum absolute atomic E-state index is 0.0526. The first-order valence-electron chi connectivity index (χ1n) is 11.7. The Kier molecular flexibility index (Phi) is 8.13. The molecule has 2 aliphatic heterocycles. The van der Waals surface area contributed by atoms with Gasteiger partial charge in [0, 0.05) is 50.4 Å². The molecule has 2 N–H and O–H groups in total. The number of rotatable bonds is 8. The molecule has 0 bridgehead atoms. The zero-order valence-corrected chi connectivity index (χ0v) is 19.7. The van der Waals surface area contributed by atoms with Gasteiger partial charge in [-0.15, -0.1) is 0 Å². The van der Waals surface area contributed by atoms with Crippen LogP contribution in [0.25, 0.3) is 10.9 Å². The molecule has 0 saturated carbocycles. The lowest BCUT2D eigenvalue weighted by Gasteiger charge is -2.30. The van der Waals surface area contributed by atoms with Crippen LogP contribution < -0.4 is 10.9 Å². The first-order chi connectivity index (χ1) is 15.6. The summed E-state index contributed by atoms with van der Waals surface area (Å²) in [6, 6.07) is 8.12. The number of thiocarbonyl (C=S) groups is 1. The van der Waals surface area contributed by atoms with Crippen LogP contribution in [0.5, 0.6) is 0 Å². The van der Waals surface area contributed by atoms with Gasteiger partial charge >= 0.3 is 0 Å². The third-order valence-electron chi connectivity index (χ3n) is 6.24. The molecule has 3 heterocycles. The van der Waals surface area contributed by atoms with Crippen LogP contribution in [0.2, 0.25) is 0 Å². The Morgan fingerprint density at radius 2 is 2.12 bits per heavy atom. The fourth-order valence-electron chi connectivity index (χ4n) is 4.36. The van der Waals surface area contributed by atoms with Crippen molar-refractivity contribution in [3.63, 3.8) is 0 Å². The number of aromatic amines is 1. The van der Waals surface area contributed by atoms with E-state index < -0.39 is 0 Å². The summed E-state index contributed by atoms with van der Waals surface area (Å²) in [4.78, 5) is 20.4. The summed E-state index contributed by atoms with van der Waals surface area (Å²) >= 11 is 5.75. The smallest absolute Gasteiger partial charge is 0.253 e. The summed E-state index contributed by atoms with van der Waals surface area (Å²) in [6.45, 7) is 9.41. The Hall–Kier alpha value is -2.00. The van der Waals surface area contributed by atoms with Gasteiger partial charge in [0.2, 0.25) is 0 Å². The molecule has 0 unspecified atom stereocenters. The molecule has 8 heteroatoms. The number of aryl methyl sites for hydroxylation is 1. The Labute approximate surface area is 195 Å². The fourth-order valence-corrected chi connectivity index (χ4v) is 4.60. The van der Waals surface area contributed by atoms with Gasteiger partial charge in [-0.25, -0.2) is 0 Å². The molecule has 2 saturated heterocycles. The molecule has 32 heavy (non-hydrogen) atoms. The van der Waals surface area contributed by atoms with Gasteiger partial charge < -0.3 is 24.7 Å². The van der Waals surface area contributed by atoms with Gasteiger partial charge in [-0.3, -0.25) is 9.69 Å². The number of benzene rings is 1. The van der Waals surface area contributed by atoms with E-state index in [0.29, 0.717) is 18.2 Å². The number of nitrogens with one attached hydrogen (secondary N) is 2. The molecule has 0 radical (unpaired) electrons. The van der Waals surface area contributed by atoms with Crippen molar-refractivity contribution in [2.75, 3.05) is 52.5 Å². The monoisotopic (exact) mass is 458 g/mol. The zero-order valence-electron chi connectivity index (χ0n) is 18.9. The van der Waals surface area contributed by atoms with E-state index in [0.717, 1.165) is 87.3 Å². The zero-order chi connectivity index (χ0) is 22.3. The van der Waals surface area contributed by atoms with Gasteiger partial charge in [-0.05, 0) is 61.5 Å². The lowest BCUT2D eigenvalue weighted by atomic mass is 10.1. The van der Waals surface area contributed by atoms with Crippen molar-refractivity contribution in [2.24, 2.45) is 0 Å². The molecule has 0 amide bonds. The second-order valence-electron chi connectivity index (χ2n) is 8.76. The van der Waals surface area contributed by atoms with Gasteiger partial charge in [-0.1, -0.05) is 12.1 Å². The van der Waals surface area contributed by atoms with E-state index in [2.05, 4.69) is 32.2 Å². The van der Waals surface area contributed by atoms with Crippen LogP contribution in [0.3, 0.4) is 0 Å². The highest BCUT2D eigenvalue weighted by Crippen LogP contribution is 2.15. The number of pyridine rings is 1. The van der Waals surface area contributed by atoms with Crippen molar-refractivity contribution in [2.45, 2.75) is 38.8 Å². The highest BCUT2D eigenvalue weighted by Gasteiger charge is 2.19. The number of H-pyrrole nitrogens is 1. The molecule has 174 valence electrons. The van der Waals surface area contributed by atoms with Crippen LogP contribution in [0.4, 0.5) is 0 Å². The van der Waals surface area contributed by atoms with Gasteiger partial charge in [0.05, 0.1) is 25.9 Å². The number of hydrogen-bond donors (Lipinski definition) is 2. The highest BCUT2D eigenvalue weighted by atomic mass is 32.1. The number of ether oxygens (including phenoxy) is 2. The van der Waals surface area contributed by atoms with E-state index >= 15 is 0 Å². The highest BCUT2D eigenvalue weighted by molar-refractivity contribution is 7.80. The number of morpholine rings is 1. The Bertz CT molecular complexity index is 967. The third-order valence-corrected chi connectivity index (χ3v) is 6.64. The number of aromatic nitrogens is 1. The maximum absolute atomic E-state index is 12.8. The van der Waals surface area contributed by atoms with Crippen LogP contribution in [0, 0.1) is 6.92 Å². The van der Waals surface area contributed by atoms with E-state index in [4.69, 9.17) is 21.7 Å². The molecule has 0 spiro atoms. The van der Waals surface area contributed by atoms with Crippen molar-refractivity contribution in [3.8, 4) is 0 Å². The first-order valence-corrected chi connectivity index (χ1v) is 12.1. The summed E-state index contributed by atoms with van der Waals surface area (Å²) in [5.74, 6) is 0. The average molecular weight is 459 g/mol. The van der Waals surface area contributed by atoms with Crippen LogP contribution >= 0.6 is 12.2 Å². The molecule has 4 rings (SSSR count). The van der Waals surface area contributed by atoms with Crippen molar-refractivity contribution in [3.05, 3.63) is 45.7 Å². The second-order valence-corrected chi connectivity index (χ2v) is 9.15. The summed E-state index contributed by atoms with van der Waals surface area (Å²) in [5, 5.41) is 5.11. The third kappa shape index (κ3) is 6.28. The minimum Gasteiger partial charge on any atom is -0.379 e. The minimum atomic E-state index is -0.0526. The molecule has 7 nitrogen and oxygen atoms in total. The van der Waals surface area contributed by atoms with Crippen molar-refractivity contribution < 1.29 is 9.47 Å². The van der Waals surface area contributed by atoms with Gasteiger partial charge in [0.25, 0.3) is 5.56 Å². The maximum atomic E-state index is 12.8. The SMILES string of the molecule is Cc1ccc2cc(CN(CCCN3CCOCC3)C(=S)NC[C@@H]3CCCO3)c(=O)[nH]c2c1. The van der Waals surface area contributed by atoms with Crippen molar-refractivity contribution >= 4 is 28.2 Å². The normalized spacial score (nSPS) is 19.3. The summed E-state index contributed by atoms with van der Waals surface area (Å²) < 4.78 is 11.2. The molecule has 2 aliphatic rings. The maximum Gasteiger partial charge on any atom is 0.253 e. The first kappa shape index (κ1) is 23.2. The molecule has 2 fully saturated rings. The van der Waals surface area contributed by atoms with E-state index in [1.807, 2.05) is 19.1 Å². The quantitative estimate of drug-likeness (QED) is 0.589. The van der Waals surface area contributed by atoms with Crippen LogP contribution in [-0.4, -0.2) is 78.5 Å². The number of fused-ring (bicyclic) bond motifs is 1. The number of hydrogen-bond acceptors (Lipinski definition) is 5. The van der Waals surface area contributed by atoms with Crippen LogP contribution in [0.1, 0.15) is 30.4 Å². The van der Waals surface area contributed by atoms with Crippen molar-refractivity contribution in [1.82, 2.24) is 20.1 Å². The summed E-state index contributed by atoms with van der Waals surface area (Å²) in [6.07, 6.45) is 3.37. The Balaban J connectivity index is 1.43. The Morgan fingerprint density at radius 3 is 2.91 bits per heavy atom. The predicted molar refractivity (Wildman–Crippen MR) is 131 cm³/mol. The van der Waals surface area contributed by atoms with Gasteiger partial charge in [0.1, 0.15) is 0 Å². The molecular formula is C24H34N4O3S. The van der Waals surface area contributed by atoms with Gasteiger partial charge in [-0.2, -0.15) is 0 Å². The molecule has 2 aromatic rings. The van der Waals surface area contributed by atoms with Crippen LogP contribution in [-0.2, 0) is 16.0 Å². The number of nitrogens with zero attached hydrogens (tertiary/aromatic N) is 2. The lowest BCUT2D eigenvalue weighted by Crippen LogP contribution is -2.44. The topological polar surface area (TPSA) is 69.8 Å². The molecule has 1 atom stereocenters. The molecule has 1 aromatic carbocycles. The Morgan fingerprint density at radius 1 is 1.28 bits per heavy atom. The van der Waals surface area contributed by atoms with E-state index in [9.17, 15) is 4.79 Å². The van der Waals surface area contributed by atoms with Crippen LogP contribution in [0.15, 0.2) is 29.1 Å². The summed E-state index contributed by atoms with van der Waals surface area (Å²) in [7, 11) is 0. The summed E-state index contributed by atoms with van der Waals surface area (Å²) in [5.41, 5.74) is 2.68. The van der Waals surface area contributed by atoms with E-state index in [1.54, 1.807) is 0 Å². The lowest BCUT2D eigenvalue weighted by molar-refractivity contribution is 0.0367. The average Bonchev–Trinajstić information content (AvgIpc) is 3.32. The molecule has 0 aliphatic carbocycles.